The molecule has 0 fully saturated rings. The van der Waals surface area contributed by atoms with Gasteiger partial charge in [-0.25, -0.2) is 0 Å². The average Bonchev–Trinajstić information content (AvgIpc) is 1.50. The molecule has 0 atom stereocenters. The number of rotatable bonds is 0. The maximum absolute atomic E-state index is 8.31. The molecule has 0 aliphatic rings. The average molecular weight is 105 g/mol. The molecule has 0 saturated carbocycles. The molecule has 4 heavy (non-hydrogen) atoms. The van der Waals surface area contributed by atoms with E-state index in [9.17, 15) is 0 Å². The molecule has 0 unspecified atom stereocenters. The molecule has 0 aromatic rings. The van der Waals surface area contributed by atoms with Gasteiger partial charge in [-0.15, -0.1) is 0 Å². The summed E-state index contributed by atoms with van der Waals surface area (Å²) in [4.78, 5) is 0. The third kappa shape index (κ3) is 12.0. The van der Waals surface area contributed by atoms with Crippen LogP contribution in [0, 0.1) is 0 Å². The Hall–Kier alpha value is 1.00. The van der Waals surface area contributed by atoms with E-state index in [1.807, 2.05) is 0 Å². The van der Waals surface area contributed by atoms with E-state index in [2.05, 4.69) is 0 Å². The Morgan fingerprint density at radius 2 is 1.25 bits per heavy atom. The molecule has 0 heterocycles. The molecule has 0 radical (unpaired) electrons. The first kappa shape index (κ1) is 8.89. The van der Waals surface area contributed by atoms with Crippen molar-refractivity contribution < 1.29 is 31.0 Å². The van der Waals surface area contributed by atoms with Crippen molar-refractivity contribution >= 4 is 16.2 Å². The van der Waals surface area contributed by atoms with E-state index < -0.39 is 0 Å². The Morgan fingerprint density at radius 1 is 1.25 bits per heavy atom. The molecule has 0 aromatic heterocycles. The summed E-state index contributed by atoms with van der Waals surface area (Å²) >= 11 is 1.05. The van der Waals surface area contributed by atoms with E-state index in [0.717, 1.165) is 0 Å². The SMILES string of the molecule is [O]=[AlH].[O]=[Sc]. The van der Waals surface area contributed by atoms with Gasteiger partial charge in [-0.1, -0.05) is 0 Å². The molecule has 0 aromatic carbocycles. The minimum absolute atomic E-state index is 0.438. The predicted octanol–water partition coefficient (Wildman–Crippen LogP) is -0.889. The summed E-state index contributed by atoms with van der Waals surface area (Å²) in [5, 5.41) is 0. The van der Waals surface area contributed by atoms with Crippen LogP contribution in [0.4, 0.5) is 0 Å². The quantitative estimate of drug-likeness (QED) is 0.374. The zero-order valence-electron chi connectivity index (χ0n) is 2.10. The summed E-state index contributed by atoms with van der Waals surface area (Å²) in [6, 6.07) is 0. The van der Waals surface area contributed by atoms with Crippen LogP contribution in [-0.2, 0) is 31.0 Å². The van der Waals surface area contributed by atoms with Gasteiger partial charge in [0.2, 0.25) is 0 Å². The van der Waals surface area contributed by atoms with Gasteiger partial charge < -0.3 is 0 Å². The Morgan fingerprint density at radius 3 is 1.25 bits per heavy atom. The van der Waals surface area contributed by atoms with Crippen molar-refractivity contribution in [1.82, 2.24) is 0 Å². The molecular formula is HAlO2Sc. The van der Waals surface area contributed by atoms with Gasteiger partial charge in [-0.05, 0) is 0 Å². The van der Waals surface area contributed by atoms with Crippen molar-refractivity contribution in [1.29, 1.82) is 0 Å². The van der Waals surface area contributed by atoms with Crippen LogP contribution in [0.5, 0.6) is 0 Å². The van der Waals surface area contributed by atoms with Crippen LogP contribution in [0.15, 0.2) is 0 Å². The normalized spacial score (nSPS) is 2.25. The molecule has 2 nitrogen and oxygen atoms in total. The van der Waals surface area contributed by atoms with Crippen LogP contribution in [0.2, 0.25) is 0 Å². The first-order chi connectivity index (χ1) is 2.00. The van der Waals surface area contributed by atoms with Crippen LogP contribution in [-0.4, -0.2) is 16.2 Å². The first-order valence-corrected chi connectivity index (χ1v) is 1.84. The third-order valence-electron chi connectivity index (χ3n) is 0. The number of hydrogen-bond acceptors (Lipinski definition) is 2. The van der Waals surface area contributed by atoms with Crippen molar-refractivity contribution in [3.8, 4) is 0 Å². The topological polar surface area (TPSA) is 34.1 Å². The van der Waals surface area contributed by atoms with Crippen molar-refractivity contribution in [3.63, 3.8) is 0 Å². The third-order valence-corrected chi connectivity index (χ3v) is 0. The summed E-state index contributed by atoms with van der Waals surface area (Å²) < 4.78 is 16.6. The van der Waals surface area contributed by atoms with Crippen LogP contribution in [0.25, 0.3) is 0 Å². The Labute approximate surface area is 47.2 Å². The molecule has 0 aliphatic carbocycles. The van der Waals surface area contributed by atoms with Gasteiger partial charge in [0.1, 0.15) is 0 Å². The van der Waals surface area contributed by atoms with Crippen LogP contribution in [0.3, 0.4) is 0 Å². The maximum atomic E-state index is 8.31. The van der Waals surface area contributed by atoms with Crippen LogP contribution in [0.1, 0.15) is 0 Å². The van der Waals surface area contributed by atoms with Gasteiger partial charge in [-0.2, -0.15) is 0 Å². The monoisotopic (exact) mass is 105 g/mol. The minimum atomic E-state index is 0.438. The molecule has 0 bridgehead atoms. The molecule has 0 spiro atoms. The van der Waals surface area contributed by atoms with Gasteiger partial charge in [0.25, 0.3) is 0 Å². The predicted molar refractivity (Wildman–Crippen MR) is 8.52 cm³/mol. The number of hydrogen-bond donors (Lipinski definition) is 0. The van der Waals surface area contributed by atoms with E-state index in [1.165, 1.54) is 0 Å². The fraction of sp³-hybridized carbons (Fsp3) is 0. The van der Waals surface area contributed by atoms with Gasteiger partial charge in [0.15, 0.2) is 0 Å². The van der Waals surface area contributed by atoms with Crippen molar-refractivity contribution in [3.05, 3.63) is 0 Å². The second-order valence-corrected chi connectivity index (χ2v) is 0. The zero-order valence-corrected chi connectivity index (χ0v) is 5.32. The van der Waals surface area contributed by atoms with Gasteiger partial charge in [0, 0.05) is 0 Å². The van der Waals surface area contributed by atoms with Crippen molar-refractivity contribution in [2.45, 2.75) is 0 Å². The first-order valence-electron chi connectivity index (χ1n) is 0.524. The van der Waals surface area contributed by atoms with Crippen LogP contribution < -0.4 is 0 Å². The summed E-state index contributed by atoms with van der Waals surface area (Å²) in [6.45, 7) is 0. The Kier molecular flexibility index (Phi) is 79.8. The molecule has 0 aliphatic heterocycles. The molecule has 0 saturated heterocycles. The summed E-state index contributed by atoms with van der Waals surface area (Å²) in [5.41, 5.74) is 0. The second kappa shape index (κ2) is 35.9. The van der Waals surface area contributed by atoms with E-state index in [1.54, 1.807) is 0 Å². The fourth-order valence-electron chi connectivity index (χ4n) is 0. The van der Waals surface area contributed by atoms with Crippen molar-refractivity contribution in [2.24, 2.45) is 0 Å². The van der Waals surface area contributed by atoms with E-state index in [0.29, 0.717) is 40.6 Å². The Bertz CT molecular complexity index is 8.00. The van der Waals surface area contributed by atoms with Crippen molar-refractivity contribution in [2.75, 3.05) is 0 Å². The molecule has 0 rings (SSSR count). The molecule has 0 N–H and O–H groups in total. The van der Waals surface area contributed by atoms with E-state index in [-0.39, 0.29) is 0 Å². The van der Waals surface area contributed by atoms with Gasteiger partial charge >= 0.3 is 47.3 Å². The second-order valence-electron chi connectivity index (χ2n) is 0. The van der Waals surface area contributed by atoms with E-state index in [4.69, 9.17) is 6.66 Å². The molecule has 19 valence electrons. The molecule has 4 heteroatoms. The fourth-order valence-corrected chi connectivity index (χ4v) is 0. The molecule has 0 amide bonds. The molecular weight excluding hydrogens is 104 g/mol. The standard InChI is InChI=1S/Al.2O.Sc.H. The van der Waals surface area contributed by atoms with Gasteiger partial charge in [0.05, 0.1) is 0 Å². The van der Waals surface area contributed by atoms with E-state index >= 15 is 0 Å². The van der Waals surface area contributed by atoms with Gasteiger partial charge in [-0.3, -0.25) is 0 Å². The summed E-state index contributed by atoms with van der Waals surface area (Å²) in [7, 11) is 0. The van der Waals surface area contributed by atoms with Crippen LogP contribution >= 0.6 is 0 Å². The zero-order chi connectivity index (χ0) is 4.00. The summed E-state index contributed by atoms with van der Waals surface area (Å²) in [5.74, 6) is 0. The Balaban J connectivity index is 0. The summed E-state index contributed by atoms with van der Waals surface area (Å²) in [6.07, 6.45) is 0.